The monoisotopic (exact) mass is 366 g/mol. The van der Waals surface area contributed by atoms with Gasteiger partial charge in [-0.15, -0.1) is 0 Å². The fraction of sp³-hybridized carbons (Fsp3) is 0.476. The summed E-state index contributed by atoms with van der Waals surface area (Å²) in [5.74, 6) is 0.176. The van der Waals surface area contributed by atoms with Crippen LogP contribution in [0.5, 0.6) is 0 Å². The van der Waals surface area contributed by atoms with Crippen molar-refractivity contribution in [3.8, 4) is 11.3 Å². The Bertz CT molecular complexity index is 843. The van der Waals surface area contributed by atoms with Gasteiger partial charge in [-0.3, -0.25) is 14.3 Å². The van der Waals surface area contributed by atoms with Crippen molar-refractivity contribution >= 4 is 11.8 Å². The summed E-state index contributed by atoms with van der Waals surface area (Å²) in [6.07, 6.45) is 4.11. The topological polar surface area (TPSA) is 58.4 Å². The van der Waals surface area contributed by atoms with Crippen LogP contribution in [-0.4, -0.2) is 57.6 Å². The predicted octanol–water partition coefficient (Wildman–Crippen LogP) is 2.03. The number of piperidine rings is 1. The third-order valence-electron chi connectivity index (χ3n) is 5.67. The first kappa shape index (κ1) is 17.8. The van der Waals surface area contributed by atoms with Crippen molar-refractivity contribution in [1.29, 1.82) is 0 Å². The Labute approximate surface area is 159 Å². The Balaban J connectivity index is 1.48. The fourth-order valence-electron chi connectivity index (χ4n) is 4.15. The average molecular weight is 366 g/mol. The number of benzene rings is 1. The predicted molar refractivity (Wildman–Crippen MR) is 103 cm³/mol. The number of aryl methyl sites for hydroxylation is 1. The van der Waals surface area contributed by atoms with E-state index in [9.17, 15) is 9.59 Å². The van der Waals surface area contributed by atoms with Crippen LogP contribution in [0.25, 0.3) is 11.3 Å². The molecule has 0 atom stereocenters. The molecule has 1 saturated heterocycles. The summed E-state index contributed by atoms with van der Waals surface area (Å²) in [5, 5.41) is 4.74. The summed E-state index contributed by atoms with van der Waals surface area (Å²) in [6, 6.07) is 10.2. The summed E-state index contributed by atoms with van der Waals surface area (Å²) in [6.45, 7) is 2.29. The zero-order valence-corrected chi connectivity index (χ0v) is 15.9. The number of carbonyl (C=O) groups excluding carboxylic acids is 2. The standard InChI is InChI=1S/C21H26N4O2/c1-23-18-11-14-24(20(27)15-25-12-6-5-9-19(25)26)13-10-17(18)21(22-23)16-7-3-2-4-8-16/h2-4,7-8H,5-6,9-15H2,1H3. The number of hydrogen-bond donors (Lipinski definition) is 0. The van der Waals surface area contributed by atoms with Gasteiger partial charge < -0.3 is 9.80 Å². The van der Waals surface area contributed by atoms with Crippen LogP contribution in [0.15, 0.2) is 30.3 Å². The minimum atomic E-state index is 0.0623. The van der Waals surface area contributed by atoms with E-state index < -0.39 is 0 Å². The van der Waals surface area contributed by atoms with Crippen molar-refractivity contribution < 1.29 is 9.59 Å². The maximum absolute atomic E-state index is 12.8. The van der Waals surface area contributed by atoms with Gasteiger partial charge in [-0.2, -0.15) is 5.10 Å². The molecule has 0 unspecified atom stereocenters. The van der Waals surface area contributed by atoms with Gasteiger partial charge in [-0.1, -0.05) is 30.3 Å². The largest absolute Gasteiger partial charge is 0.340 e. The van der Waals surface area contributed by atoms with E-state index in [2.05, 4.69) is 12.1 Å². The van der Waals surface area contributed by atoms with Gasteiger partial charge in [0.1, 0.15) is 0 Å². The highest BCUT2D eigenvalue weighted by Gasteiger charge is 2.27. The Morgan fingerprint density at radius 3 is 2.59 bits per heavy atom. The number of aromatic nitrogens is 2. The first-order valence-electron chi connectivity index (χ1n) is 9.79. The highest BCUT2D eigenvalue weighted by Crippen LogP contribution is 2.28. The summed E-state index contributed by atoms with van der Waals surface area (Å²) in [5.41, 5.74) is 4.59. The minimum absolute atomic E-state index is 0.0623. The van der Waals surface area contributed by atoms with E-state index in [0.717, 1.165) is 36.9 Å². The molecule has 27 heavy (non-hydrogen) atoms. The highest BCUT2D eigenvalue weighted by molar-refractivity contribution is 5.85. The Morgan fingerprint density at radius 2 is 1.81 bits per heavy atom. The summed E-state index contributed by atoms with van der Waals surface area (Å²) in [7, 11) is 1.98. The van der Waals surface area contributed by atoms with Crippen molar-refractivity contribution in [3.63, 3.8) is 0 Å². The van der Waals surface area contributed by atoms with Gasteiger partial charge in [0.05, 0.1) is 12.2 Å². The molecule has 2 amide bonds. The molecule has 1 aromatic heterocycles. The number of nitrogens with zero attached hydrogens (tertiary/aromatic N) is 4. The van der Waals surface area contributed by atoms with E-state index in [1.54, 1.807) is 4.90 Å². The fourth-order valence-corrected chi connectivity index (χ4v) is 4.15. The normalized spacial score (nSPS) is 17.6. The molecule has 2 aliphatic heterocycles. The van der Waals surface area contributed by atoms with Gasteiger partial charge >= 0.3 is 0 Å². The van der Waals surface area contributed by atoms with Crippen molar-refractivity contribution in [3.05, 3.63) is 41.6 Å². The van der Waals surface area contributed by atoms with Crippen LogP contribution in [-0.2, 0) is 29.5 Å². The molecule has 1 aromatic carbocycles. The molecule has 0 radical (unpaired) electrons. The maximum atomic E-state index is 12.8. The lowest BCUT2D eigenvalue weighted by Crippen LogP contribution is -2.45. The van der Waals surface area contributed by atoms with E-state index in [1.807, 2.05) is 34.8 Å². The van der Waals surface area contributed by atoms with Gasteiger partial charge in [0, 0.05) is 56.3 Å². The van der Waals surface area contributed by atoms with Crippen LogP contribution < -0.4 is 0 Å². The Morgan fingerprint density at radius 1 is 1.04 bits per heavy atom. The molecular weight excluding hydrogens is 340 g/mol. The molecule has 4 rings (SSSR count). The average Bonchev–Trinajstić information content (AvgIpc) is 2.86. The van der Waals surface area contributed by atoms with Crippen LogP contribution in [0.1, 0.15) is 30.5 Å². The van der Waals surface area contributed by atoms with Gasteiger partial charge in [-0.05, 0) is 19.3 Å². The lowest BCUT2D eigenvalue weighted by atomic mass is 10.0. The first-order chi connectivity index (χ1) is 13.1. The van der Waals surface area contributed by atoms with Crippen LogP contribution in [0.2, 0.25) is 0 Å². The lowest BCUT2D eigenvalue weighted by Gasteiger charge is -2.29. The molecule has 2 aliphatic rings. The second-order valence-corrected chi connectivity index (χ2v) is 7.42. The lowest BCUT2D eigenvalue weighted by molar-refractivity contribution is -0.141. The molecule has 0 bridgehead atoms. The number of amides is 2. The smallest absolute Gasteiger partial charge is 0.242 e. The molecule has 0 spiro atoms. The zero-order valence-electron chi connectivity index (χ0n) is 15.9. The number of likely N-dealkylation sites (tertiary alicyclic amines) is 1. The SMILES string of the molecule is Cn1nc(-c2ccccc2)c2c1CCN(C(=O)CN1CCCCC1=O)CC2. The second-order valence-electron chi connectivity index (χ2n) is 7.42. The maximum Gasteiger partial charge on any atom is 0.242 e. The third kappa shape index (κ3) is 3.61. The summed E-state index contributed by atoms with van der Waals surface area (Å²) < 4.78 is 1.96. The quantitative estimate of drug-likeness (QED) is 0.835. The Kier molecular flexibility index (Phi) is 4.97. The molecular formula is C21H26N4O2. The van der Waals surface area contributed by atoms with Crippen LogP contribution in [0.3, 0.4) is 0 Å². The van der Waals surface area contributed by atoms with Crippen molar-refractivity contribution in [2.45, 2.75) is 32.1 Å². The van der Waals surface area contributed by atoms with Crippen LogP contribution in [0, 0.1) is 0 Å². The number of rotatable bonds is 3. The van der Waals surface area contributed by atoms with Gasteiger partial charge in [0.25, 0.3) is 0 Å². The van der Waals surface area contributed by atoms with Gasteiger partial charge in [-0.25, -0.2) is 0 Å². The van der Waals surface area contributed by atoms with Crippen molar-refractivity contribution in [2.24, 2.45) is 7.05 Å². The molecule has 2 aromatic rings. The van der Waals surface area contributed by atoms with E-state index in [4.69, 9.17) is 5.10 Å². The first-order valence-corrected chi connectivity index (χ1v) is 9.79. The molecule has 142 valence electrons. The molecule has 0 aliphatic carbocycles. The third-order valence-corrected chi connectivity index (χ3v) is 5.67. The minimum Gasteiger partial charge on any atom is -0.340 e. The zero-order chi connectivity index (χ0) is 18.8. The molecule has 6 nitrogen and oxygen atoms in total. The highest BCUT2D eigenvalue weighted by atomic mass is 16.2. The van der Waals surface area contributed by atoms with Crippen LogP contribution in [0.4, 0.5) is 0 Å². The molecule has 0 saturated carbocycles. The second kappa shape index (κ2) is 7.55. The summed E-state index contributed by atoms with van der Waals surface area (Å²) >= 11 is 0. The van der Waals surface area contributed by atoms with E-state index >= 15 is 0 Å². The molecule has 1 fully saturated rings. The van der Waals surface area contributed by atoms with Crippen molar-refractivity contribution in [2.75, 3.05) is 26.2 Å². The molecule has 6 heteroatoms. The number of carbonyl (C=O) groups is 2. The summed E-state index contributed by atoms with van der Waals surface area (Å²) in [4.78, 5) is 28.4. The molecule has 0 N–H and O–H groups in total. The number of hydrogen-bond acceptors (Lipinski definition) is 3. The van der Waals surface area contributed by atoms with Gasteiger partial charge in [0.2, 0.25) is 11.8 Å². The van der Waals surface area contributed by atoms with Gasteiger partial charge in [0.15, 0.2) is 0 Å². The number of fused-ring (bicyclic) bond motifs is 1. The van der Waals surface area contributed by atoms with Crippen LogP contribution >= 0.6 is 0 Å². The molecule has 3 heterocycles. The van der Waals surface area contributed by atoms with E-state index in [0.29, 0.717) is 26.1 Å². The Hall–Kier alpha value is -2.63. The van der Waals surface area contributed by atoms with E-state index in [-0.39, 0.29) is 18.4 Å². The van der Waals surface area contributed by atoms with Crippen molar-refractivity contribution in [1.82, 2.24) is 19.6 Å². The van der Waals surface area contributed by atoms with E-state index in [1.165, 1.54) is 11.3 Å².